The molecule has 0 fully saturated rings. The number of phenolic OH excluding ortho intramolecular Hbond substituents is 2. The van der Waals surface area contributed by atoms with Crippen molar-refractivity contribution < 1.29 is 44.0 Å². The van der Waals surface area contributed by atoms with E-state index in [1.807, 2.05) is 0 Å². The maximum absolute atomic E-state index is 14.0. The number of rotatable bonds is 3. The second-order valence-electron chi connectivity index (χ2n) is 12.1. The fourth-order valence-corrected chi connectivity index (χ4v) is 5.24. The van der Waals surface area contributed by atoms with Gasteiger partial charge in [-0.25, -0.2) is 9.59 Å². The van der Waals surface area contributed by atoms with Gasteiger partial charge in [-0.05, 0) is 30.3 Å². The van der Waals surface area contributed by atoms with Gasteiger partial charge in [-0.1, -0.05) is 41.5 Å². The lowest BCUT2D eigenvalue weighted by molar-refractivity contribution is 0.0223. The van der Waals surface area contributed by atoms with Gasteiger partial charge in [0.1, 0.15) is 23.0 Å². The van der Waals surface area contributed by atoms with Gasteiger partial charge in [0.25, 0.3) is 0 Å². The molecule has 0 atom stereocenters. The van der Waals surface area contributed by atoms with Gasteiger partial charge in [0.15, 0.2) is 17.2 Å². The Balaban J connectivity index is 2.01. The fourth-order valence-electron chi connectivity index (χ4n) is 5.24. The van der Waals surface area contributed by atoms with Crippen LogP contribution in [0.4, 0.5) is 0 Å². The number of phenols is 2. The van der Waals surface area contributed by atoms with Gasteiger partial charge < -0.3 is 24.8 Å². The molecule has 0 saturated carbocycles. The first-order chi connectivity index (χ1) is 18.5. The van der Waals surface area contributed by atoms with Crippen LogP contribution in [0.2, 0.25) is 0 Å². The summed E-state index contributed by atoms with van der Waals surface area (Å²) in [7, 11) is 0. The molecule has 9 nitrogen and oxygen atoms in total. The molecule has 0 aromatic heterocycles. The lowest BCUT2D eigenvalue weighted by atomic mass is 9.71. The summed E-state index contributed by atoms with van der Waals surface area (Å²) in [4.78, 5) is 54.4. The number of esters is 1. The minimum Gasteiger partial charge on any atom is -0.508 e. The third-order valence-electron chi connectivity index (χ3n) is 7.11. The second kappa shape index (κ2) is 8.42. The minimum absolute atomic E-state index is 0.0372. The van der Waals surface area contributed by atoms with E-state index in [-0.39, 0.29) is 56.4 Å². The number of ketones is 2. The van der Waals surface area contributed by atoms with Gasteiger partial charge in [-0.2, -0.15) is 0 Å². The van der Waals surface area contributed by atoms with E-state index in [2.05, 4.69) is 0 Å². The van der Waals surface area contributed by atoms with Crippen LogP contribution < -0.4 is 4.74 Å². The highest BCUT2D eigenvalue weighted by Crippen LogP contribution is 2.58. The number of aromatic hydroxyl groups is 2. The largest absolute Gasteiger partial charge is 0.508 e. The van der Waals surface area contributed by atoms with Crippen LogP contribution in [0.15, 0.2) is 42.5 Å². The molecule has 5 rings (SSSR count). The SMILES string of the molecule is CC(C)(C)C(=O)c1c(C(=O)O)cc2c(c1C(=O)C(C)(C)C)C(=O)OC21c2ccc(O)cc2Oc2cc(O)ccc21. The number of fused-ring (bicyclic) bond motifs is 6. The molecular weight excluding hydrogens is 516 g/mol. The maximum Gasteiger partial charge on any atom is 0.340 e. The predicted octanol–water partition coefficient (Wildman–Crippen LogP) is 5.82. The number of carboxylic acid groups (broad SMARTS) is 1. The van der Waals surface area contributed by atoms with Gasteiger partial charge in [0, 0.05) is 50.8 Å². The van der Waals surface area contributed by atoms with E-state index in [4.69, 9.17) is 9.47 Å². The Labute approximate surface area is 230 Å². The van der Waals surface area contributed by atoms with E-state index in [0.717, 1.165) is 0 Å². The number of hydrogen-bond acceptors (Lipinski definition) is 8. The van der Waals surface area contributed by atoms with Crippen molar-refractivity contribution in [2.45, 2.75) is 47.1 Å². The summed E-state index contributed by atoms with van der Waals surface area (Å²) in [5.74, 6) is -3.72. The van der Waals surface area contributed by atoms with Crippen molar-refractivity contribution in [3.8, 4) is 23.0 Å². The van der Waals surface area contributed by atoms with Crippen molar-refractivity contribution in [1.29, 1.82) is 0 Å². The van der Waals surface area contributed by atoms with Gasteiger partial charge in [0.2, 0.25) is 0 Å². The summed E-state index contributed by atoms with van der Waals surface area (Å²) < 4.78 is 12.1. The average Bonchev–Trinajstić information content (AvgIpc) is 3.12. The summed E-state index contributed by atoms with van der Waals surface area (Å²) in [6.45, 7) is 9.64. The molecule has 0 unspecified atom stereocenters. The molecule has 0 radical (unpaired) electrons. The number of carbonyl (C=O) groups is 4. The lowest BCUT2D eigenvalue weighted by Crippen LogP contribution is -2.34. The van der Waals surface area contributed by atoms with Gasteiger partial charge in [0.05, 0.1) is 11.1 Å². The van der Waals surface area contributed by atoms with Crippen molar-refractivity contribution in [3.63, 3.8) is 0 Å². The first-order valence-corrected chi connectivity index (χ1v) is 12.6. The Morgan fingerprint density at radius 1 is 0.725 bits per heavy atom. The van der Waals surface area contributed by atoms with Crippen LogP contribution >= 0.6 is 0 Å². The number of benzene rings is 3. The van der Waals surface area contributed by atoms with E-state index in [1.54, 1.807) is 41.5 Å². The molecule has 3 N–H and O–H groups in total. The Morgan fingerprint density at radius 3 is 1.65 bits per heavy atom. The first-order valence-electron chi connectivity index (χ1n) is 12.6. The smallest absolute Gasteiger partial charge is 0.340 e. The van der Waals surface area contributed by atoms with Crippen molar-refractivity contribution in [2.24, 2.45) is 10.8 Å². The number of carboxylic acids is 1. The van der Waals surface area contributed by atoms with Crippen molar-refractivity contribution in [3.05, 3.63) is 81.4 Å². The molecule has 0 aliphatic carbocycles. The first kappa shape index (κ1) is 26.9. The number of carbonyl (C=O) groups excluding carboxylic acids is 3. The number of Topliss-reactive ketones (excluding diaryl/α,β-unsaturated/α-hetero) is 2. The summed E-state index contributed by atoms with van der Waals surface area (Å²) >= 11 is 0. The molecule has 2 aliphatic heterocycles. The predicted molar refractivity (Wildman–Crippen MR) is 143 cm³/mol. The number of aromatic carboxylic acids is 1. The van der Waals surface area contributed by atoms with E-state index >= 15 is 0 Å². The second-order valence-corrected chi connectivity index (χ2v) is 12.1. The van der Waals surface area contributed by atoms with Crippen LogP contribution in [0.3, 0.4) is 0 Å². The molecule has 2 aliphatic rings. The topological polar surface area (TPSA) is 147 Å². The highest BCUT2D eigenvalue weighted by molar-refractivity contribution is 6.21. The zero-order chi connectivity index (χ0) is 29.5. The maximum atomic E-state index is 14.0. The van der Waals surface area contributed by atoms with Gasteiger partial charge in [-0.15, -0.1) is 0 Å². The highest BCUT2D eigenvalue weighted by Gasteiger charge is 2.56. The quantitative estimate of drug-likeness (QED) is 0.274. The van der Waals surface area contributed by atoms with Crippen molar-refractivity contribution >= 4 is 23.5 Å². The van der Waals surface area contributed by atoms with Gasteiger partial charge in [-0.3, -0.25) is 9.59 Å². The third-order valence-corrected chi connectivity index (χ3v) is 7.11. The van der Waals surface area contributed by atoms with Crippen molar-refractivity contribution in [1.82, 2.24) is 0 Å². The molecule has 40 heavy (non-hydrogen) atoms. The number of hydrogen-bond donors (Lipinski definition) is 3. The molecule has 9 heteroatoms. The zero-order valence-electron chi connectivity index (χ0n) is 22.8. The van der Waals surface area contributed by atoms with Crippen LogP contribution in [0.1, 0.15) is 99.7 Å². The van der Waals surface area contributed by atoms with Crippen LogP contribution in [-0.4, -0.2) is 38.8 Å². The monoisotopic (exact) mass is 544 g/mol. The molecule has 3 aromatic carbocycles. The molecule has 3 aromatic rings. The Kier molecular flexibility index (Phi) is 5.67. The lowest BCUT2D eigenvalue weighted by Gasteiger charge is -2.36. The Bertz CT molecular complexity index is 1610. The highest BCUT2D eigenvalue weighted by atomic mass is 16.6. The molecule has 206 valence electrons. The zero-order valence-corrected chi connectivity index (χ0v) is 22.8. The molecule has 1 spiro atoms. The van der Waals surface area contributed by atoms with Crippen LogP contribution in [0, 0.1) is 10.8 Å². The minimum atomic E-state index is -1.81. The fraction of sp³-hybridized carbons (Fsp3) is 0.290. The van der Waals surface area contributed by atoms with Crippen LogP contribution in [0.5, 0.6) is 23.0 Å². The summed E-state index contributed by atoms with van der Waals surface area (Å²) in [5.41, 5.74) is -4.75. The van der Waals surface area contributed by atoms with Gasteiger partial charge >= 0.3 is 11.9 Å². The third kappa shape index (κ3) is 3.76. The summed E-state index contributed by atoms with van der Waals surface area (Å²) in [6.07, 6.45) is 0. The van der Waals surface area contributed by atoms with E-state index in [0.29, 0.717) is 0 Å². The van der Waals surface area contributed by atoms with Crippen LogP contribution in [0.25, 0.3) is 0 Å². The summed E-state index contributed by atoms with van der Waals surface area (Å²) in [6, 6.07) is 9.47. The standard InChI is InChI=1S/C31H28O9/c1-29(2,3)25(34)22-16(27(36)37)13-19-23(24(22)26(35)30(4,5)6)28(38)40-31(19)17-9-7-14(32)11-20(17)39-21-12-15(33)8-10-18(21)31/h7-13,32-33H,1-6H3,(H,36,37). The van der Waals surface area contributed by atoms with E-state index in [9.17, 15) is 34.5 Å². The average molecular weight is 545 g/mol. The van der Waals surface area contributed by atoms with E-state index < -0.39 is 45.5 Å². The molecule has 2 heterocycles. The molecular formula is C31H28O9. The summed E-state index contributed by atoms with van der Waals surface area (Å²) in [5, 5.41) is 30.7. The van der Waals surface area contributed by atoms with Crippen molar-refractivity contribution in [2.75, 3.05) is 0 Å². The number of ether oxygens (including phenoxy) is 2. The molecule has 0 amide bonds. The van der Waals surface area contributed by atoms with E-state index in [1.165, 1.54) is 42.5 Å². The Hall–Kier alpha value is -4.66. The normalized spacial score (nSPS) is 15.0. The Morgan fingerprint density at radius 2 is 1.20 bits per heavy atom. The molecule has 0 saturated heterocycles. The molecule has 0 bridgehead atoms. The van der Waals surface area contributed by atoms with Crippen LogP contribution in [-0.2, 0) is 10.3 Å².